The molecule has 180 valence electrons. The van der Waals surface area contributed by atoms with Crippen LogP contribution < -0.4 is 9.62 Å². The molecule has 0 saturated heterocycles. The van der Waals surface area contributed by atoms with Crippen LogP contribution in [0.3, 0.4) is 0 Å². The van der Waals surface area contributed by atoms with Crippen LogP contribution in [-0.4, -0.2) is 50.5 Å². The number of amides is 2. The third-order valence-corrected chi connectivity index (χ3v) is 7.01. The van der Waals surface area contributed by atoms with E-state index in [2.05, 4.69) is 5.32 Å². The van der Waals surface area contributed by atoms with Crippen molar-refractivity contribution in [1.82, 2.24) is 10.2 Å². The lowest BCUT2D eigenvalue weighted by Crippen LogP contribution is -2.47. The lowest BCUT2D eigenvalue weighted by molar-refractivity contribution is -0.140. The Balaban J connectivity index is 2.19. The number of benzene rings is 2. The van der Waals surface area contributed by atoms with Gasteiger partial charge in [-0.25, -0.2) is 8.42 Å². The standard InChI is InChI=1S/C23H29Cl2N3O4S/c1-4-26-23(30)17(2)27(16-19-20(24)12-8-13-21(19)25)22(29)14-9-15-28(33(3,31)32)18-10-6-5-7-11-18/h5-8,10-13,17H,4,9,14-16H2,1-3H3,(H,26,30)/t17-/m0/s1. The fourth-order valence-corrected chi connectivity index (χ4v) is 4.84. The quantitative estimate of drug-likeness (QED) is 0.490. The van der Waals surface area contributed by atoms with Crippen LogP contribution >= 0.6 is 23.2 Å². The van der Waals surface area contributed by atoms with Crippen LogP contribution in [0.25, 0.3) is 0 Å². The molecule has 0 radical (unpaired) electrons. The number of nitrogens with one attached hydrogen (secondary N) is 1. The maximum atomic E-state index is 13.2. The number of halogens is 2. The summed E-state index contributed by atoms with van der Waals surface area (Å²) in [6.45, 7) is 4.05. The molecule has 1 N–H and O–H groups in total. The Morgan fingerprint density at radius 3 is 2.18 bits per heavy atom. The van der Waals surface area contributed by atoms with Gasteiger partial charge in [0.05, 0.1) is 11.9 Å². The van der Waals surface area contributed by atoms with Crippen molar-refractivity contribution in [2.24, 2.45) is 0 Å². The van der Waals surface area contributed by atoms with Crippen molar-refractivity contribution in [2.75, 3.05) is 23.7 Å². The number of nitrogens with zero attached hydrogens (tertiary/aromatic N) is 2. The highest BCUT2D eigenvalue weighted by molar-refractivity contribution is 7.92. The van der Waals surface area contributed by atoms with E-state index < -0.39 is 16.1 Å². The first kappa shape index (κ1) is 27.0. The largest absolute Gasteiger partial charge is 0.355 e. The molecule has 2 aromatic rings. The molecule has 0 heterocycles. The Morgan fingerprint density at radius 2 is 1.64 bits per heavy atom. The lowest BCUT2D eigenvalue weighted by Gasteiger charge is -2.30. The fraction of sp³-hybridized carbons (Fsp3) is 0.391. The smallest absolute Gasteiger partial charge is 0.242 e. The van der Waals surface area contributed by atoms with Gasteiger partial charge in [0, 0.05) is 41.7 Å². The molecule has 7 nitrogen and oxygen atoms in total. The molecule has 10 heteroatoms. The van der Waals surface area contributed by atoms with E-state index in [9.17, 15) is 18.0 Å². The molecular formula is C23H29Cl2N3O4S. The number of carbonyl (C=O) groups is 2. The highest BCUT2D eigenvalue weighted by atomic mass is 35.5. The average Bonchev–Trinajstić information content (AvgIpc) is 2.76. The molecule has 0 fully saturated rings. The van der Waals surface area contributed by atoms with E-state index in [0.29, 0.717) is 27.8 Å². The van der Waals surface area contributed by atoms with Crippen molar-refractivity contribution in [1.29, 1.82) is 0 Å². The van der Waals surface area contributed by atoms with Crippen LogP contribution in [0.4, 0.5) is 5.69 Å². The van der Waals surface area contributed by atoms with Gasteiger partial charge in [-0.3, -0.25) is 13.9 Å². The monoisotopic (exact) mass is 513 g/mol. The zero-order valence-electron chi connectivity index (χ0n) is 18.9. The number of rotatable bonds is 11. The Kier molecular flexibility index (Phi) is 10.0. The van der Waals surface area contributed by atoms with Gasteiger partial charge in [0.15, 0.2) is 0 Å². The lowest BCUT2D eigenvalue weighted by atomic mass is 10.1. The summed E-state index contributed by atoms with van der Waals surface area (Å²) < 4.78 is 25.8. The van der Waals surface area contributed by atoms with Crippen LogP contribution in [0.2, 0.25) is 10.0 Å². The molecular weight excluding hydrogens is 485 g/mol. The van der Waals surface area contributed by atoms with Crippen LogP contribution in [0.15, 0.2) is 48.5 Å². The first-order chi connectivity index (χ1) is 15.6. The molecule has 2 rings (SSSR count). The van der Waals surface area contributed by atoms with Crippen molar-refractivity contribution in [3.63, 3.8) is 0 Å². The minimum atomic E-state index is -3.52. The van der Waals surface area contributed by atoms with Gasteiger partial charge in [0.2, 0.25) is 21.8 Å². The summed E-state index contributed by atoms with van der Waals surface area (Å²) in [7, 11) is -3.52. The number of anilines is 1. The van der Waals surface area contributed by atoms with Gasteiger partial charge in [-0.1, -0.05) is 47.5 Å². The minimum absolute atomic E-state index is 0.0463. The second kappa shape index (κ2) is 12.3. The molecule has 0 saturated carbocycles. The van der Waals surface area contributed by atoms with Crippen molar-refractivity contribution < 1.29 is 18.0 Å². The van der Waals surface area contributed by atoms with Crippen LogP contribution in [0.5, 0.6) is 0 Å². The number of hydrogen-bond acceptors (Lipinski definition) is 4. The van der Waals surface area contributed by atoms with Crippen molar-refractivity contribution in [3.05, 3.63) is 64.1 Å². The summed E-state index contributed by atoms with van der Waals surface area (Å²) in [5, 5.41) is 3.52. The SMILES string of the molecule is CCNC(=O)[C@H](C)N(Cc1c(Cl)cccc1Cl)C(=O)CCCN(c1ccccc1)S(C)(=O)=O. The van der Waals surface area contributed by atoms with Gasteiger partial charge in [0.1, 0.15) is 6.04 Å². The van der Waals surface area contributed by atoms with Crippen molar-refractivity contribution >= 4 is 50.7 Å². The van der Waals surface area contributed by atoms with Gasteiger partial charge in [0.25, 0.3) is 0 Å². The predicted octanol–water partition coefficient (Wildman–Crippen LogP) is 4.09. The van der Waals surface area contributed by atoms with Crippen molar-refractivity contribution in [2.45, 2.75) is 39.3 Å². The summed E-state index contributed by atoms with van der Waals surface area (Å²) in [4.78, 5) is 27.1. The van der Waals surface area contributed by atoms with Crippen molar-refractivity contribution in [3.8, 4) is 0 Å². The number of sulfonamides is 1. The summed E-state index contributed by atoms with van der Waals surface area (Å²) in [5.74, 6) is -0.595. The molecule has 0 unspecified atom stereocenters. The highest BCUT2D eigenvalue weighted by Crippen LogP contribution is 2.27. The van der Waals surface area contributed by atoms with Crippen LogP contribution in [0, 0.1) is 0 Å². The Hall–Kier alpha value is -2.29. The first-order valence-electron chi connectivity index (χ1n) is 10.6. The normalized spacial score (nSPS) is 12.2. The van der Waals surface area contributed by atoms with Crippen LogP contribution in [-0.2, 0) is 26.2 Å². The van der Waals surface area contributed by atoms with Crippen LogP contribution in [0.1, 0.15) is 32.3 Å². The summed E-state index contributed by atoms with van der Waals surface area (Å²) in [6, 6.07) is 13.0. The molecule has 0 bridgehead atoms. The predicted molar refractivity (Wildman–Crippen MR) is 133 cm³/mol. The van der Waals surface area contributed by atoms with E-state index in [1.165, 1.54) is 9.21 Å². The number of likely N-dealkylation sites (N-methyl/N-ethyl adjacent to an activating group) is 1. The molecule has 33 heavy (non-hydrogen) atoms. The molecule has 0 aliphatic heterocycles. The van der Waals surface area contributed by atoms with E-state index >= 15 is 0 Å². The topological polar surface area (TPSA) is 86.8 Å². The Morgan fingerprint density at radius 1 is 1.03 bits per heavy atom. The van der Waals surface area contributed by atoms with Gasteiger partial charge in [-0.05, 0) is 44.5 Å². The summed E-state index contributed by atoms with van der Waals surface area (Å²) >= 11 is 12.6. The summed E-state index contributed by atoms with van der Waals surface area (Å²) in [6.07, 6.45) is 1.45. The molecule has 0 aromatic heterocycles. The first-order valence-corrected chi connectivity index (χ1v) is 13.2. The van der Waals surface area contributed by atoms with Gasteiger partial charge in [-0.2, -0.15) is 0 Å². The second-order valence-electron chi connectivity index (χ2n) is 7.57. The van der Waals surface area contributed by atoms with E-state index in [4.69, 9.17) is 23.2 Å². The molecule has 0 aliphatic carbocycles. The van der Waals surface area contributed by atoms with E-state index in [1.54, 1.807) is 62.4 Å². The third kappa shape index (κ3) is 7.62. The maximum absolute atomic E-state index is 13.2. The average molecular weight is 514 g/mol. The molecule has 1 atom stereocenters. The highest BCUT2D eigenvalue weighted by Gasteiger charge is 2.27. The van der Waals surface area contributed by atoms with E-state index in [1.807, 2.05) is 0 Å². The number of para-hydroxylation sites is 1. The maximum Gasteiger partial charge on any atom is 0.242 e. The number of hydrogen-bond donors (Lipinski definition) is 1. The Bertz CT molecular complexity index is 1040. The molecule has 0 spiro atoms. The third-order valence-electron chi connectivity index (χ3n) is 5.10. The molecule has 2 aromatic carbocycles. The second-order valence-corrected chi connectivity index (χ2v) is 10.3. The minimum Gasteiger partial charge on any atom is -0.355 e. The fourth-order valence-electron chi connectivity index (χ4n) is 3.36. The van der Waals surface area contributed by atoms with Gasteiger partial charge >= 0.3 is 0 Å². The number of carbonyl (C=O) groups excluding carboxylic acids is 2. The molecule has 2 amide bonds. The zero-order valence-corrected chi connectivity index (χ0v) is 21.3. The summed E-state index contributed by atoms with van der Waals surface area (Å²) in [5.41, 5.74) is 1.08. The zero-order chi connectivity index (χ0) is 24.6. The van der Waals surface area contributed by atoms with Gasteiger partial charge in [-0.15, -0.1) is 0 Å². The van der Waals surface area contributed by atoms with E-state index in [-0.39, 0.29) is 37.7 Å². The Labute approximate surface area is 205 Å². The van der Waals surface area contributed by atoms with Gasteiger partial charge < -0.3 is 10.2 Å². The van der Waals surface area contributed by atoms with E-state index in [0.717, 1.165) is 6.26 Å². The molecule has 0 aliphatic rings.